The number of anilines is 2. The van der Waals surface area contributed by atoms with Gasteiger partial charge in [0.1, 0.15) is 16.4 Å². The Hall–Kier alpha value is -2.66. The highest BCUT2D eigenvalue weighted by Gasteiger charge is 2.26. The third-order valence-electron chi connectivity index (χ3n) is 4.04. The highest BCUT2D eigenvalue weighted by atomic mass is 32.2. The SMILES string of the molecule is CCOC(=O)c1cnc(SCC(=O)Nc2sc3c(c2C(N)=O)CCC3)nc1N. The summed E-state index contributed by atoms with van der Waals surface area (Å²) in [5.41, 5.74) is 12.7. The van der Waals surface area contributed by atoms with Crippen molar-refractivity contribution < 1.29 is 19.1 Å². The number of esters is 1. The summed E-state index contributed by atoms with van der Waals surface area (Å²) in [6, 6.07) is 0. The van der Waals surface area contributed by atoms with Crippen LogP contribution in [-0.4, -0.2) is 40.1 Å². The highest BCUT2D eigenvalue weighted by Crippen LogP contribution is 2.38. The van der Waals surface area contributed by atoms with E-state index in [-0.39, 0.29) is 34.8 Å². The molecule has 148 valence electrons. The normalized spacial score (nSPS) is 12.5. The number of nitrogens with two attached hydrogens (primary N) is 2. The van der Waals surface area contributed by atoms with E-state index in [1.165, 1.54) is 17.5 Å². The quantitative estimate of drug-likeness (QED) is 0.347. The topological polar surface area (TPSA) is 150 Å². The van der Waals surface area contributed by atoms with Gasteiger partial charge in [-0.2, -0.15) is 0 Å². The van der Waals surface area contributed by atoms with Gasteiger partial charge in [0.2, 0.25) is 5.91 Å². The predicted molar refractivity (Wildman–Crippen MR) is 107 cm³/mol. The van der Waals surface area contributed by atoms with Crippen molar-refractivity contribution in [3.05, 3.63) is 27.8 Å². The fraction of sp³-hybridized carbons (Fsp3) is 0.353. The van der Waals surface area contributed by atoms with E-state index in [0.717, 1.165) is 41.5 Å². The Morgan fingerprint density at radius 3 is 2.82 bits per heavy atom. The number of aromatic nitrogens is 2. The lowest BCUT2D eigenvalue weighted by Gasteiger charge is -2.07. The van der Waals surface area contributed by atoms with Crippen molar-refractivity contribution in [2.45, 2.75) is 31.3 Å². The molecule has 2 aromatic heterocycles. The van der Waals surface area contributed by atoms with Gasteiger partial charge in [0.05, 0.1) is 17.9 Å². The maximum atomic E-state index is 12.3. The average molecular weight is 422 g/mol. The van der Waals surface area contributed by atoms with Crippen LogP contribution in [0.4, 0.5) is 10.8 Å². The zero-order valence-electron chi connectivity index (χ0n) is 15.1. The molecule has 0 atom stereocenters. The molecule has 0 bridgehead atoms. The van der Waals surface area contributed by atoms with Crippen molar-refractivity contribution in [2.24, 2.45) is 5.73 Å². The van der Waals surface area contributed by atoms with Crippen LogP contribution in [0, 0.1) is 0 Å². The summed E-state index contributed by atoms with van der Waals surface area (Å²) in [5, 5.41) is 3.49. The third-order valence-corrected chi connectivity index (χ3v) is 6.11. The molecule has 0 saturated heterocycles. The standard InChI is InChI=1S/C17H19N5O4S2/c1-2-26-16(25)9-6-20-17(22-13(9)18)27-7-11(23)21-15-12(14(19)24)8-4-3-5-10(8)28-15/h6H,2-5,7H2,1H3,(H2,19,24)(H,21,23)(H2,18,20,22). The largest absolute Gasteiger partial charge is 0.462 e. The number of nitrogen functional groups attached to an aromatic ring is 1. The number of nitrogens with one attached hydrogen (secondary N) is 1. The molecular formula is C17H19N5O4S2. The molecule has 0 unspecified atom stereocenters. The Labute approximate surface area is 169 Å². The lowest BCUT2D eigenvalue weighted by Crippen LogP contribution is -2.19. The van der Waals surface area contributed by atoms with Gasteiger partial charge < -0.3 is 21.5 Å². The summed E-state index contributed by atoms with van der Waals surface area (Å²) in [5.74, 6) is -1.45. The van der Waals surface area contributed by atoms with Gasteiger partial charge >= 0.3 is 5.97 Å². The minimum Gasteiger partial charge on any atom is -0.462 e. The van der Waals surface area contributed by atoms with Gasteiger partial charge in [0, 0.05) is 11.1 Å². The fourth-order valence-electron chi connectivity index (χ4n) is 2.86. The maximum Gasteiger partial charge on any atom is 0.343 e. The Bertz CT molecular complexity index is 944. The number of hydrogen-bond acceptors (Lipinski definition) is 9. The van der Waals surface area contributed by atoms with E-state index in [0.29, 0.717) is 10.6 Å². The number of primary amides is 1. The van der Waals surface area contributed by atoms with Gasteiger partial charge in [-0.3, -0.25) is 9.59 Å². The number of aryl methyl sites for hydroxylation is 1. The molecular weight excluding hydrogens is 402 g/mol. The van der Waals surface area contributed by atoms with E-state index in [2.05, 4.69) is 15.3 Å². The number of ether oxygens (including phenoxy) is 1. The first kappa shape index (κ1) is 20.1. The zero-order valence-corrected chi connectivity index (χ0v) is 16.7. The van der Waals surface area contributed by atoms with E-state index in [1.54, 1.807) is 6.92 Å². The van der Waals surface area contributed by atoms with Crippen LogP contribution in [0.3, 0.4) is 0 Å². The minimum absolute atomic E-state index is 0.0120. The summed E-state index contributed by atoms with van der Waals surface area (Å²) in [6.07, 6.45) is 3.96. The molecule has 5 N–H and O–H groups in total. The van der Waals surface area contributed by atoms with Crippen LogP contribution < -0.4 is 16.8 Å². The first-order chi connectivity index (χ1) is 13.4. The molecule has 3 rings (SSSR count). The van der Waals surface area contributed by atoms with Crippen LogP contribution in [0.5, 0.6) is 0 Å². The molecule has 0 saturated carbocycles. The van der Waals surface area contributed by atoms with Crippen molar-refractivity contribution in [2.75, 3.05) is 23.4 Å². The molecule has 28 heavy (non-hydrogen) atoms. The van der Waals surface area contributed by atoms with Gasteiger partial charge in [-0.05, 0) is 31.7 Å². The zero-order chi connectivity index (χ0) is 20.3. The molecule has 0 aliphatic heterocycles. The molecule has 2 amide bonds. The lowest BCUT2D eigenvalue weighted by atomic mass is 10.1. The second-order valence-corrected chi connectivity index (χ2v) is 7.98. The third kappa shape index (κ3) is 4.25. The Kier molecular flexibility index (Phi) is 6.15. The minimum atomic E-state index is -0.598. The van der Waals surface area contributed by atoms with Crippen molar-refractivity contribution in [3.63, 3.8) is 0 Å². The number of thioether (sulfide) groups is 1. The Morgan fingerprint density at radius 1 is 1.36 bits per heavy atom. The summed E-state index contributed by atoms with van der Waals surface area (Å²) in [7, 11) is 0. The van der Waals surface area contributed by atoms with Gasteiger partial charge in [0.15, 0.2) is 5.16 Å². The second-order valence-electron chi connectivity index (χ2n) is 5.93. The molecule has 11 heteroatoms. The van der Waals surface area contributed by atoms with Crippen LogP contribution in [0.15, 0.2) is 11.4 Å². The summed E-state index contributed by atoms with van der Waals surface area (Å²) in [4.78, 5) is 44.9. The monoisotopic (exact) mass is 421 g/mol. The molecule has 2 aromatic rings. The Morgan fingerprint density at radius 2 is 2.14 bits per heavy atom. The van der Waals surface area contributed by atoms with Gasteiger partial charge in [-0.1, -0.05) is 11.8 Å². The number of fused-ring (bicyclic) bond motifs is 1. The number of carbonyl (C=O) groups is 3. The Balaban J connectivity index is 1.63. The number of carbonyl (C=O) groups excluding carboxylic acids is 3. The van der Waals surface area contributed by atoms with Crippen molar-refractivity contribution in [3.8, 4) is 0 Å². The van der Waals surface area contributed by atoms with Crippen LogP contribution in [0.2, 0.25) is 0 Å². The predicted octanol–water partition coefficient (Wildman–Crippen LogP) is 1.62. The number of rotatable bonds is 7. The van der Waals surface area contributed by atoms with Crippen LogP contribution in [0.1, 0.15) is 44.5 Å². The molecule has 1 aliphatic rings. The summed E-state index contributed by atoms with van der Waals surface area (Å²) >= 11 is 2.46. The molecule has 0 fully saturated rings. The molecule has 0 spiro atoms. The van der Waals surface area contributed by atoms with Crippen LogP contribution >= 0.6 is 23.1 Å². The van der Waals surface area contributed by atoms with E-state index in [4.69, 9.17) is 16.2 Å². The molecule has 0 aromatic carbocycles. The van der Waals surface area contributed by atoms with Gasteiger partial charge in [0.25, 0.3) is 5.91 Å². The fourth-order valence-corrected chi connectivity index (χ4v) is 4.79. The van der Waals surface area contributed by atoms with Crippen molar-refractivity contribution >= 4 is 51.7 Å². The van der Waals surface area contributed by atoms with Crippen LogP contribution in [-0.2, 0) is 22.4 Å². The van der Waals surface area contributed by atoms with E-state index in [9.17, 15) is 14.4 Å². The number of nitrogens with zero attached hydrogens (tertiary/aromatic N) is 2. The lowest BCUT2D eigenvalue weighted by molar-refractivity contribution is -0.113. The molecule has 9 nitrogen and oxygen atoms in total. The first-order valence-electron chi connectivity index (χ1n) is 8.57. The van der Waals surface area contributed by atoms with Gasteiger partial charge in [-0.15, -0.1) is 11.3 Å². The molecule has 1 aliphatic carbocycles. The van der Waals surface area contributed by atoms with Crippen molar-refractivity contribution in [1.29, 1.82) is 0 Å². The highest BCUT2D eigenvalue weighted by molar-refractivity contribution is 7.99. The average Bonchev–Trinajstić information content (AvgIpc) is 3.20. The number of thiophene rings is 1. The van der Waals surface area contributed by atoms with E-state index >= 15 is 0 Å². The summed E-state index contributed by atoms with van der Waals surface area (Å²) < 4.78 is 4.86. The van der Waals surface area contributed by atoms with Crippen molar-refractivity contribution in [1.82, 2.24) is 9.97 Å². The smallest absolute Gasteiger partial charge is 0.343 e. The number of hydrogen-bond donors (Lipinski definition) is 3. The maximum absolute atomic E-state index is 12.3. The van der Waals surface area contributed by atoms with Crippen LogP contribution in [0.25, 0.3) is 0 Å². The molecule has 0 radical (unpaired) electrons. The van der Waals surface area contributed by atoms with Gasteiger partial charge in [-0.25, -0.2) is 14.8 Å². The number of amides is 2. The van der Waals surface area contributed by atoms with E-state index in [1.807, 2.05) is 0 Å². The van der Waals surface area contributed by atoms with E-state index < -0.39 is 11.9 Å². The first-order valence-corrected chi connectivity index (χ1v) is 10.4. The molecule has 2 heterocycles. The summed E-state index contributed by atoms with van der Waals surface area (Å²) in [6.45, 7) is 1.90. The second kappa shape index (κ2) is 8.57.